The van der Waals surface area contributed by atoms with Crippen LogP contribution in [0.5, 0.6) is 0 Å². The van der Waals surface area contributed by atoms with Crippen molar-refractivity contribution in [1.82, 2.24) is 0 Å². The zero-order chi connectivity index (χ0) is 16.9. The van der Waals surface area contributed by atoms with Crippen molar-refractivity contribution < 1.29 is 0 Å². The molecule has 0 spiro atoms. The number of hydrogen-bond donors (Lipinski definition) is 0. The van der Waals surface area contributed by atoms with Gasteiger partial charge in [-0.25, -0.2) is 0 Å². The minimum atomic E-state index is -1.50. The molecule has 0 aliphatic rings. The molecule has 1 heteroatoms. The number of rotatable bonds is 8. The van der Waals surface area contributed by atoms with Crippen LogP contribution >= 0.6 is 7.26 Å². The van der Waals surface area contributed by atoms with E-state index in [4.69, 9.17) is 0 Å². The van der Waals surface area contributed by atoms with Crippen molar-refractivity contribution in [3.05, 3.63) is 0 Å². The average molecular weight is 317 g/mol. The molecule has 0 amide bonds. The quantitative estimate of drug-likeness (QED) is 0.321. The van der Waals surface area contributed by atoms with Crippen molar-refractivity contribution in [3.8, 4) is 0 Å². The van der Waals surface area contributed by atoms with Gasteiger partial charge < -0.3 is 0 Å². The van der Waals surface area contributed by atoms with E-state index < -0.39 is 7.26 Å². The van der Waals surface area contributed by atoms with E-state index in [1.807, 2.05) is 0 Å². The van der Waals surface area contributed by atoms with Crippen LogP contribution in [0.1, 0.15) is 108 Å². The van der Waals surface area contributed by atoms with E-state index in [0.29, 0.717) is 15.5 Å². The van der Waals surface area contributed by atoms with E-state index in [-0.39, 0.29) is 0 Å². The first-order chi connectivity index (χ1) is 9.37. The van der Waals surface area contributed by atoms with Crippen LogP contribution in [0.3, 0.4) is 0 Å². The molecule has 0 aromatic heterocycles. The molecule has 0 aromatic carbocycles. The molecular formula is C20H45P. The first-order valence-corrected chi connectivity index (χ1v) is 11.6. The van der Waals surface area contributed by atoms with Gasteiger partial charge in [-0.3, -0.25) is 0 Å². The Morgan fingerprint density at radius 3 is 1.38 bits per heavy atom. The topological polar surface area (TPSA) is 0 Å². The summed E-state index contributed by atoms with van der Waals surface area (Å²) in [5.41, 5.74) is 0. The molecular weight excluding hydrogens is 271 g/mol. The third-order valence-electron chi connectivity index (χ3n) is 6.03. The van der Waals surface area contributed by atoms with E-state index in [0.717, 1.165) is 0 Å². The van der Waals surface area contributed by atoms with Crippen LogP contribution in [0, 0.1) is 0 Å². The standard InChI is InChI=1S/C20H45P/c1-11-13-15-16-20(9,10)21(17-14-12-2,18(3,4)5)19(6,7)8/h21H,11-17H2,1-10H3. The summed E-state index contributed by atoms with van der Waals surface area (Å²) in [6.45, 7) is 25.2. The Labute approximate surface area is 137 Å². The Balaban J connectivity index is 5.75. The van der Waals surface area contributed by atoms with Crippen LogP contribution in [-0.4, -0.2) is 21.6 Å². The zero-order valence-electron chi connectivity index (χ0n) is 16.9. The molecule has 0 unspecified atom stereocenters. The molecule has 21 heavy (non-hydrogen) atoms. The van der Waals surface area contributed by atoms with Crippen molar-refractivity contribution >= 4 is 7.26 Å². The summed E-state index contributed by atoms with van der Waals surface area (Å²) in [4.78, 5) is 0. The maximum atomic E-state index is 2.61. The molecule has 0 aliphatic heterocycles. The molecule has 0 fully saturated rings. The van der Waals surface area contributed by atoms with Crippen LogP contribution in [0.15, 0.2) is 0 Å². The van der Waals surface area contributed by atoms with Gasteiger partial charge in [0.25, 0.3) is 0 Å². The van der Waals surface area contributed by atoms with Gasteiger partial charge in [-0.15, -0.1) is 0 Å². The molecule has 0 saturated heterocycles. The number of unbranched alkanes of at least 4 members (excludes halogenated alkanes) is 3. The summed E-state index contributed by atoms with van der Waals surface area (Å²) in [6, 6.07) is 0. The predicted octanol–water partition coefficient (Wildman–Crippen LogP) is 7.49. The minimum absolute atomic E-state index is 0.468. The van der Waals surface area contributed by atoms with Crippen molar-refractivity contribution in [2.75, 3.05) is 6.16 Å². The van der Waals surface area contributed by atoms with Crippen molar-refractivity contribution in [1.29, 1.82) is 0 Å². The molecule has 0 bridgehead atoms. The van der Waals surface area contributed by atoms with Crippen molar-refractivity contribution in [2.24, 2.45) is 0 Å². The van der Waals surface area contributed by atoms with Gasteiger partial charge in [0, 0.05) is 0 Å². The molecule has 0 aromatic rings. The van der Waals surface area contributed by atoms with E-state index in [1.54, 1.807) is 0 Å². The second-order valence-electron chi connectivity index (χ2n) is 9.85. The van der Waals surface area contributed by atoms with Gasteiger partial charge in [-0.2, -0.15) is 0 Å². The summed E-state index contributed by atoms with van der Waals surface area (Å²) in [5.74, 6) is 0. The summed E-state index contributed by atoms with van der Waals surface area (Å²) in [6.07, 6.45) is 9.82. The monoisotopic (exact) mass is 316 g/mol. The van der Waals surface area contributed by atoms with Crippen LogP contribution in [0.25, 0.3) is 0 Å². The number of hydrogen-bond acceptors (Lipinski definition) is 0. The van der Waals surface area contributed by atoms with Gasteiger partial charge in [-0.1, -0.05) is 0 Å². The summed E-state index contributed by atoms with van der Waals surface area (Å²) in [5, 5.41) is 1.46. The fourth-order valence-corrected chi connectivity index (χ4v) is 15.7. The van der Waals surface area contributed by atoms with Crippen LogP contribution in [0.4, 0.5) is 0 Å². The van der Waals surface area contributed by atoms with Gasteiger partial charge in [0.15, 0.2) is 0 Å². The third-order valence-corrected chi connectivity index (χ3v) is 14.8. The second-order valence-corrected chi connectivity index (χ2v) is 16.5. The van der Waals surface area contributed by atoms with E-state index in [9.17, 15) is 0 Å². The summed E-state index contributed by atoms with van der Waals surface area (Å²) >= 11 is 0. The zero-order valence-corrected chi connectivity index (χ0v) is 17.9. The molecule has 0 heterocycles. The van der Waals surface area contributed by atoms with Crippen LogP contribution < -0.4 is 0 Å². The molecule has 0 saturated carbocycles. The maximum absolute atomic E-state index is 2.61. The molecule has 0 nitrogen and oxygen atoms in total. The first kappa shape index (κ1) is 21.4. The molecule has 0 N–H and O–H groups in total. The molecule has 130 valence electrons. The van der Waals surface area contributed by atoms with Crippen molar-refractivity contribution in [3.63, 3.8) is 0 Å². The van der Waals surface area contributed by atoms with Crippen LogP contribution in [0.2, 0.25) is 0 Å². The summed E-state index contributed by atoms with van der Waals surface area (Å²) in [7, 11) is -1.50. The van der Waals surface area contributed by atoms with E-state index in [1.165, 1.54) is 44.7 Å². The molecule has 0 radical (unpaired) electrons. The van der Waals surface area contributed by atoms with E-state index in [2.05, 4.69) is 69.2 Å². The Morgan fingerprint density at radius 2 is 1.05 bits per heavy atom. The first-order valence-electron chi connectivity index (χ1n) is 9.37. The Morgan fingerprint density at radius 1 is 0.619 bits per heavy atom. The van der Waals surface area contributed by atoms with E-state index >= 15 is 0 Å². The Hall–Kier alpha value is 0.430. The van der Waals surface area contributed by atoms with Gasteiger partial charge in [0.2, 0.25) is 0 Å². The van der Waals surface area contributed by atoms with Crippen LogP contribution in [-0.2, 0) is 0 Å². The summed E-state index contributed by atoms with van der Waals surface area (Å²) < 4.78 is 0. The van der Waals surface area contributed by atoms with Gasteiger partial charge >= 0.3 is 137 Å². The van der Waals surface area contributed by atoms with Gasteiger partial charge in [0.05, 0.1) is 0 Å². The third kappa shape index (κ3) is 4.70. The molecule has 0 atom stereocenters. The average Bonchev–Trinajstić information content (AvgIpc) is 2.25. The Bertz CT molecular complexity index is 274. The second kappa shape index (κ2) is 7.81. The fraction of sp³-hybridized carbons (Fsp3) is 1.00. The SMILES string of the molecule is CCCCCC(C)(C)[PH](CCCC)(C(C)(C)C)C(C)(C)C. The van der Waals surface area contributed by atoms with Gasteiger partial charge in [0.1, 0.15) is 0 Å². The molecule has 0 rings (SSSR count). The Kier molecular flexibility index (Phi) is 7.97. The fourth-order valence-electron chi connectivity index (χ4n) is 5.72. The molecule has 0 aliphatic carbocycles. The predicted molar refractivity (Wildman–Crippen MR) is 106 cm³/mol. The van der Waals surface area contributed by atoms with Crippen molar-refractivity contribution in [2.45, 2.75) is 123 Å². The van der Waals surface area contributed by atoms with Gasteiger partial charge in [-0.05, 0) is 0 Å². The normalized spacial score (nSPS) is 15.3.